The zero-order valence-corrected chi connectivity index (χ0v) is 12.3. The summed E-state index contributed by atoms with van der Waals surface area (Å²) in [6.45, 7) is 3.81. The summed E-state index contributed by atoms with van der Waals surface area (Å²) in [6.07, 6.45) is 1.85. The fraction of sp³-hybridized carbons (Fsp3) is 0.500. The van der Waals surface area contributed by atoms with Crippen LogP contribution in [0, 0.1) is 23.1 Å². The highest BCUT2D eigenvalue weighted by molar-refractivity contribution is 5.79. The van der Waals surface area contributed by atoms with Gasteiger partial charge in [0.2, 0.25) is 5.91 Å². The number of nitrogens with zero attached hydrogens (tertiary/aromatic N) is 2. The van der Waals surface area contributed by atoms with E-state index in [4.69, 9.17) is 11.0 Å². The zero-order chi connectivity index (χ0) is 15.6. The smallest absolute Gasteiger partial charge is 0.237 e. The molecule has 0 aliphatic heterocycles. The van der Waals surface area contributed by atoms with E-state index in [1.165, 1.54) is 6.07 Å². The van der Waals surface area contributed by atoms with Crippen molar-refractivity contribution in [2.24, 2.45) is 11.7 Å². The molecule has 1 atom stereocenters. The molecule has 2 rings (SSSR count). The monoisotopic (exact) mass is 289 g/mol. The topological polar surface area (TPSA) is 70.1 Å². The lowest BCUT2D eigenvalue weighted by Crippen LogP contribution is -2.42. The molecule has 0 bridgehead atoms. The number of halogens is 1. The molecule has 21 heavy (non-hydrogen) atoms. The normalized spacial score (nSPS) is 15.6. The molecule has 5 heteroatoms. The largest absolute Gasteiger partial charge is 0.331 e. The molecule has 1 aliphatic rings. The summed E-state index contributed by atoms with van der Waals surface area (Å²) in [5.41, 5.74) is 5.92. The van der Waals surface area contributed by atoms with Crippen molar-refractivity contribution in [3.8, 4) is 6.07 Å². The van der Waals surface area contributed by atoms with Gasteiger partial charge in [0.25, 0.3) is 0 Å². The Morgan fingerprint density at radius 2 is 2.19 bits per heavy atom. The molecule has 1 aromatic rings. The number of carbonyl (C=O) groups excluding carboxylic acids is 1. The summed E-state index contributed by atoms with van der Waals surface area (Å²) >= 11 is 0. The van der Waals surface area contributed by atoms with Gasteiger partial charge in [-0.05, 0) is 24.8 Å². The van der Waals surface area contributed by atoms with Crippen molar-refractivity contribution in [2.45, 2.75) is 38.8 Å². The molecule has 4 nitrogen and oxygen atoms in total. The minimum atomic E-state index is -0.533. The molecule has 0 saturated heterocycles. The van der Waals surface area contributed by atoms with E-state index in [0.717, 1.165) is 12.8 Å². The second-order valence-electron chi connectivity index (χ2n) is 5.75. The van der Waals surface area contributed by atoms with Gasteiger partial charge in [0, 0.05) is 11.6 Å². The fourth-order valence-corrected chi connectivity index (χ4v) is 2.74. The van der Waals surface area contributed by atoms with Gasteiger partial charge in [0.1, 0.15) is 11.9 Å². The summed E-state index contributed by atoms with van der Waals surface area (Å²) < 4.78 is 14.5. The minimum Gasteiger partial charge on any atom is -0.331 e. The Bertz CT molecular complexity index is 575. The van der Waals surface area contributed by atoms with E-state index in [1.807, 2.05) is 19.9 Å². The van der Waals surface area contributed by atoms with E-state index in [0.29, 0.717) is 5.56 Å². The highest BCUT2D eigenvalue weighted by atomic mass is 19.1. The summed E-state index contributed by atoms with van der Waals surface area (Å²) in [7, 11) is 0. The van der Waals surface area contributed by atoms with Crippen LogP contribution in [0.3, 0.4) is 0 Å². The molecule has 1 fully saturated rings. The van der Waals surface area contributed by atoms with Crippen LogP contribution >= 0.6 is 0 Å². The highest BCUT2D eigenvalue weighted by Gasteiger charge is 2.39. The van der Waals surface area contributed by atoms with Gasteiger partial charge in [-0.3, -0.25) is 4.79 Å². The van der Waals surface area contributed by atoms with Crippen molar-refractivity contribution in [1.29, 1.82) is 5.26 Å². The molecule has 2 N–H and O–H groups in total. The molecule has 0 heterocycles. The summed E-state index contributed by atoms with van der Waals surface area (Å²) in [6, 6.07) is 6.36. The van der Waals surface area contributed by atoms with Crippen molar-refractivity contribution in [1.82, 2.24) is 4.90 Å². The number of rotatable bonds is 5. The van der Waals surface area contributed by atoms with Gasteiger partial charge in [-0.25, -0.2) is 4.39 Å². The number of hydrogen-bond donors (Lipinski definition) is 1. The van der Waals surface area contributed by atoms with Crippen LogP contribution in [-0.4, -0.2) is 23.4 Å². The zero-order valence-electron chi connectivity index (χ0n) is 12.3. The minimum absolute atomic E-state index is 0.00842. The Kier molecular flexibility index (Phi) is 4.59. The van der Waals surface area contributed by atoms with E-state index < -0.39 is 5.82 Å². The lowest BCUT2D eigenvalue weighted by atomic mass is 9.92. The number of amides is 1. The summed E-state index contributed by atoms with van der Waals surface area (Å²) in [4.78, 5) is 13.9. The van der Waals surface area contributed by atoms with Gasteiger partial charge in [-0.2, -0.15) is 5.26 Å². The van der Waals surface area contributed by atoms with Crippen molar-refractivity contribution in [2.75, 3.05) is 6.54 Å². The maximum absolute atomic E-state index is 14.5. The fourth-order valence-electron chi connectivity index (χ4n) is 2.74. The first-order chi connectivity index (χ1) is 10.0. The van der Waals surface area contributed by atoms with Crippen molar-refractivity contribution in [3.63, 3.8) is 0 Å². The van der Waals surface area contributed by atoms with Gasteiger partial charge >= 0.3 is 0 Å². The first-order valence-corrected chi connectivity index (χ1v) is 7.21. The second-order valence-corrected chi connectivity index (χ2v) is 5.75. The van der Waals surface area contributed by atoms with E-state index in [-0.39, 0.29) is 36.0 Å². The third-order valence-corrected chi connectivity index (χ3v) is 3.80. The highest BCUT2D eigenvalue weighted by Crippen LogP contribution is 2.39. The van der Waals surface area contributed by atoms with Gasteiger partial charge in [-0.1, -0.05) is 26.0 Å². The van der Waals surface area contributed by atoms with E-state index in [9.17, 15) is 9.18 Å². The van der Waals surface area contributed by atoms with E-state index in [2.05, 4.69) is 0 Å². The lowest BCUT2D eigenvalue weighted by molar-refractivity contribution is -0.134. The lowest BCUT2D eigenvalue weighted by Gasteiger charge is -2.35. The van der Waals surface area contributed by atoms with E-state index in [1.54, 1.807) is 17.0 Å². The molecular weight excluding hydrogens is 269 g/mol. The van der Waals surface area contributed by atoms with Gasteiger partial charge in [-0.15, -0.1) is 0 Å². The standard InChI is InChI=1S/C16H20FN3O/c1-10(2)16(20(12-6-7-12)14(21)9-19)13-5-3-4-11(8-18)15(13)17/h3-5,10,12,16H,6-7,9,19H2,1-2H3. The molecule has 1 aromatic carbocycles. The van der Waals surface area contributed by atoms with Crippen LogP contribution in [0.15, 0.2) is 18.2 Å². The Morgan fingerprint density at radius 1 is 1.52 bits per heavy atom. The Balaban J connectivity index is 2.48. The number of nitriles is 1. The second kappa shape index (κ2) is 6.23. The third kappa shape index (κ3) is 3.06. The van der Waals surface area contributed by atoms with Crippen LogP contribution < -0.4 is 5.73 Å². The number of carbonyl (C=O) groups is 1. The molecule has 1 amide bonds. The van der Waals surface area contributed by atoms with E-state index >= 15 is 0 Å². The first-order valence-electron chi connectivity index (χ1n) is 7.21. The Hall–Kier alpha value is -1.93. The predicted octanol–water partition coefficient (Wildman–Crippen LogP) is 2.34. The quantitative estimate of drug-likeness (QED) is 0.904. The van der Waals surface area contributed by atoms with Crippen molar-refractivity contribution in [3.05, 3.63) is 35.1 Å². The molecule has 0 spiro atoms. The Morgan fingerprint density at radius 3 is 2.67 bits per heavy atom. The average Bonchev–Trinajstić information content (AvgIpc) is 3.29. The molecule has 0 radical (unpaired) electrons. The number of benzene rings is 1. The van der Waals surface area contributed by atoms with Crippen LogP contribution in [0.4, 0.5) is 4.39 Å². The van der Waals surface area contributed by atoms with Crippen LogP contribution in [0.2, 0.25) is 0 Å². The van der Waals surface area contributed by atoms with Crippen LogP contribution in [0.1, 0.15) is 43.9 Å². The first kappa shape index (κ1) is 15.5. The van der Waals surface area contributed by atoms with Crippen molar-refractivity contribution < 1.29 is 9.18 Å². The molecule has 112 valence electrons. The maximum atomic E-state index is 14.5. The molecule has 0 aromatic heterocycles. The summed E-state index contributed by atoms with van der Waals surface area (Å²) in [5.74, 6) is -0.670. The molecule has 1 aliphatic carbocycles. The average molecular weight is 289 g/mol. The van der Waals surface area contributed by atoms with Gasteiger partial charge < -0.3 is 10.6 Å². The van der Waals surface area contributed by atoms with Crippen molar-refractivity contribution >= 4 is 5.91 Å². The van der Waals surface area contributed by atoms with Gasteiger partial charge in [0.05, 0.1) is 18.2 Å². The molecule has 1 unspecified atom stereocenters. The van der Waals surface area contributed by atoms with Crippen LogP contribution in [0.5, 0.6) is 0 Å². The third-order valence-electron chi connectivity index (χ3n) is 3.80. The molecular formula is C16H20FN3O. The number of hydrogen-bond acceptors (Lipinski definition) is 3. The maximum Gasteiger partial charge on any atom is 0.237 e. The predicted molar refractivity (Wildman–Crippen MR) is 77.6 cm³/mol. The van der Waals surface area contributed by atoms with Gasteiger partial charge in [0.15, 0.2) is 0 Å². The molecule has 1 saturated carbocycles. The van der Waals surface area contributed by atoms with Crippen LogP contribution in [0.25, 0.3) is 0 Å². The van der Waals surface area contributed by atoms with Crippen LogP contribution in [-0.2, 0) is 4.79 Å². The SMILES string of the molecule is CC(C)C(c1cccc(C#N)c1F)N(C(=O)CN)C1CC1. The Labute approximate surface area is 124 Å². The summed E-state index contributed by atoms with van der Waals surface area (Å²) in [5, 5.41) is 8.99. The number of nitrogens with two attached hydrogens (primary N) is 1.